The van der Waals surface area contributed by atoms with Gasteiger partial charge >= 0.3 is 0 Å². The molecule has 8 nitrogen and oxygen atoms in total. The topological polar surface area (TPSA) is 105 Å². The number of sulfonamides is 1. The van der Waals surface area contributed by atoms with Crippen LogP contribution in [0.25, 0.3) is 0 Å². The van der Waals surface area contributed by atoms with Crippen LogP contribution in [0.3, 0.4) is 0 Å². The summed E-state index contributed by atoms with van der Waals surface area (Å²) in [6, 6.07) is 10.8. The van der Waals surface area contributed by atoms with Crippen molar-refractivity contribution in [2.45, 2.75) is 37.9 Å². The summed E-state index contributed by atoms with van der Waals surface area (Å²) in [4.78, 5) is 24.5. The van der Waals surface area contributed by atoms with Crippen molar-refractivity contribution in [2.24, 2.45) is 0 Å². The van der Waals surface area contributed by atoms with Crippen LogP contribution in [0.2, 0.25) is 5.02 Å². The maximum absolute atomic E-state index is 13.1. The van der Waals surface area contributed by atoms with Gasteiger partial charge in [-0.25, -0.2) is 8.42 Å². The van der Waals surface area contributed by atoms with Crippen molar-refractivity contribution >= 4 is 33.4 Å². The second-order valence-electron chi connectivity index (χ2n) is 7.50. The molecule has 0 spiro atoms. The third kappa shape index (κ3) is 5.43. The fourth-order valence-corrected chi connectivity index (χ4v) is 5.36. The van der Waals surface area contributed by atoms with Crippen LogP contribution in [0, 0.1) is 6.92 Å². The van der Waals surface area contributed by atoms with Gasteiger partial charge in [0.15, 0.2) is 0 Å². The van der Waals surface area contributed by atoms with Crippen LogP contribution >= 0.6 is 11.6 Å². The number of hydrazine groups is 1. The molecule has 1 aliphatic rings. The van der Waals surface area contributed by atoms with E-state index in [1.165, 1.54) is 22.5 Å². The van der Waals surface area contributed by atoms with Gasteiger partial charge < -0.3 is 4.74 Å². The second-order valence-corrected chi connectivity index (χ2v) is 9.81. The molecule has 0 bridgehead atoms. The molecule has 2 amide bonds. The van der Waals surface area contributed by atoms with Gasteiger partial charge in [0.1, 0.15) is 4.90 Å². The van der Waals surface area contributed by atoms with Crippen LogP contribution < -0.4 is 10.9 Å². The standard InChI is InChI=1S/C21H24ClN3O5S/c1-13-4-6-16(7-5-13)20(26)23-24-21(27)17-8-9-18(22)19(10-17)31(28,29)25-11-14(2)30-15(3)12-25/h4-10,14-15H,11-12H2,1-3H3,(H,23,26)(H,24,27). The van der Waals surface area contributed by atoms with Gasteiger partial charge in [-0.2, -0.15) is 4.31 Å². The minimum atomic E-state index is -3.94. The minimum Gasteiger partial charge on any atom is -0.373 e. The van der Waals surface area contributed by atoms with E-state index in [9.17, 15) is 18.0 Å². The van der Waals surface area contributed by atoms with Gasteiger partial charge in [0.25, 0.3) is 11.8 Å². The number of nitrogens with zero attached hydrogens (tertiary/aromatic N) is 1. The molecule has 0 aliphatic carbocycles. The first-order chi connectivity index (χ1) is 14.6. The summed E-state index contributed by atoms with van der Waals surface area (Å²) in [5.41, 5.74) is 6.03. The number of aryl methyl sites for hydroxylation is 1. The molecule has 3 rings (SSSR count). The molecule has 2 atom stereocenters. The van der Waals surface area contributed by atoms with Crippen LogP contribution in [-0.2, 0) is 14.8 Å². The van der Waals surface area contributed by atoms with E-state index >= 15 is 0 Å². The van der Waals surface area contributed by atoms with Crippen LogP contribution in [0.15, 0.2) is 47.4 Å². The predicted molar refractivity (Wildman–Crippen MR) is 116 cm³/mol. The summed E-state index contributed by atoms with van der Waals surface area (Å²) < 4.78 is 33.2. The largest absolute Gasteiger partial charge is 0.373 e. The first-order valence-electron chi connectivity index (χ1n) is 9.70. The van der Waals surface area contributed by atoms with Crippen LogP contribution in [0.1, 0.15) is 40.1 Å². The molecule has 2 unspecified atom stereocenters. The van der Waals surface area contributed by atoms with Crippen molar-refractivity contribution in [2.75, 3.05) is 13.1 Å². The van der Waals surface area contributed by atoms with Crippen molar-refractivity contribution in [3.63, 3.8) is 0 Å². The van der Waals surface area contributed by atoms with Gasteiger partial charge in [-0.1, -0.05) is 29.3 Å². The molecule has 1 heterocycles. The molecular formula is C21H24ClN3O5S. The molecule has 10 heteroatoms. The molecular weight excluding hydrogens is 442 g/mol. The third-order valence-electron chi connectivity index (χ3n) is 4.80. The molecule has 166 valence electrons. The highest BCUT2D eigenvalue weighted by molar-refractivity contribution is 7.89. The van der Waals surface area contributed by atoms with E-state index in [2.05, 4.69) is 10.9 Å². The Morgan fingerprint density at radius 3 is 2.06 bits per heavy atom. The molecule has 0 saturated carbocycles. The van der Waals surface area contributed by atoms with E-state index < -0.39 is 21.8 Å². The summed E-state index contributed by atoms with van der Waals surface area (Å²) in [5, 5.41) is 0.00652. The van der Waals surface area contributed by atoms with Gasteiger partial charge in [0, 0.05) is 24.2 Å². The summed E-state index contributed by atoms with van der Waals surface area (Å²) >= 11 is 6.16. The Morgan fingerprint density at radius 2 is 1.48 bits per heavy atom. The molecule has 1 aliphatic heterocycles. The number of rotatable bonds is 4. The lowest BCUT2D eigenvalue weighted by Gasteiger charge is -2.34. The van der Waals surface area contributed by atoms with Gasteiger partial charge in [0.2, 0.25) is 10.0 Å². The highest BCUT2D eigenvalue weighted by atomic mass is 35.5. The number of ether oxygens (including phenoxy) is 1. The van der Waals surface area contributed by atoms with Crippen molar-refractivity contribution in [3.05, 3.63) is 64.2 Å². The van der Waals surface area contributed by atoms with Gasteiger partial charge in [0.05, 0.1) is 17.2 Å². The Morgan fingerprint density at radius 1 is 0.968 bits per heavy atom. The quantitative estimate of drug-likeness (QED) is 0.675. The van der Waals surface area contributed by atoms with E-state index in [4.69, 9.17) is 16.3 Å². The van der Waals surface area contributed by atoms with E-state index in [0.717, 1.165) is 5.56 Å². The maximum atomic E-state index is 13.1. The number of carbonyl (C=O) groups is 2. The molecule has 2 aromatic carbocycles. The Balaban J connectivity index is 1.76. The lowest BCUT2D eigenvalue weighted by Crippen LogP contribution is -2.48. The Hall–Kier alpha value is -2.46. The summed E-state index contributed by atoms with van der Waals surface area (Å²) in [6.45, 7) is 5.85. The number of hydrogen-bond acceptors (Lipinski definition) is 5. The molecule has 2 aromatic rings. The zero-order chi connectivity index (χ0) is 22.8. The number of carbonyl (C=O) groups excluding carboxylic acids is 2. The summed E-state index contributed by atoms with van der Waals surface area (Å²) in [5.74, 6) is -1.16. The number of halogens is 1. The van der Waals surface area contributed by atoms with Gasteiger partial charge in [-0.15, -0.1) is 0 Å². The van der Waals surface area contributed by atoms with Gasteiger partial charge in [-0.05, 0) is 51.1 Å². The zero-order valence-corrected chi connectivity index (χ0v) is 19.0. The van der Waals surface area contributed by atoms with E-state index in [-0.39, 0.29) is 40.8 Å². The highest BCUT2D eigenvalue weighted by Crippen LogP contribution is 2.28. The number of nitrogens with one attached hydrogen (secondary N) is 2. The second kappa shape index (κ2) is 9.35. The van der Waals surface area contributed by atoms with E-state index in [0.29, 0.717) is 5.56 Å². The SMILES string of the molecule is Cc1ccc(C(=O)NNC(=O)c2ccc(Cl)c(S(=O)(=O)N3CC(C)OC(C)C3)c2)cc1. The summed E-state index contributed by atoms with van der Waals surface area (Å²) in [6.07, 6.45) is -0.526. The van der Waals surface area contributed by atoms with Crippen LogP contribution in [-0.4, -0.2) is 49.8 Å². The monoisotopic (exact) mass is 465 g/mol. The van der Waals surface area contributed by atoms with Crippen molar-refractivity contribution in [1.29, 1.82) is 0 Å². The van der Waals surface area contributed by atoms with Crippen LogP contribution in [0.5, 0.6) is 0 Å². The molecule has 0 aromatic heterocycles. The van der Waals surface area contributed by atoms with Crippen molar-refractivity contribution in [1.82, 2.24) is 15.2 Å². The number of benzene rings is 2. The molecule has 1 saturated heterocycles. The fourth-order valence-electron chi connectivity index (χ4n) is 3.27. The lowest BCUT2D eigenvalue weighted by atomic mass is 10.1. The Kier molecular flexibility index (Phi) is 7.00. The smallest absolute Gasteiger partial charge is 0.269 e. The summed E-state index contributed by atoms with van der Waals surface area (Å²) in [7, 11) is -3.94. The number of hydrogen-bond donors (Lipinski definition) is 2. The van der Waals surface area contributed by atoms with E-state index in [1.54, 1.807) is 38.1 Å². The highest BCUT2D eigenvalue weighted by Gasteiger charge is 2.33. The van der Waals surface area contributed by atoms with Crippen molar-refractivity contribution < 1.29 is 22.7 Å². The predicted octanol–water partition coefficient (Wildman–Crippen LogP) is 2.52. The average Bonchev–Trinajstić information content (AvgIpc) is 2.71. The molecule has 1 fully saturated rings. The lowest BCUT2D eigenvalue weighted by molar-refractivity contribution is -0.0440. The van der Waals surface area contributed by atoms with Crippen molar-refractivity contribution in [3.8, 4) is 0 Å². The first kappa shape index (κ1) is 23.2. The van der Waals surface area contributed by atoms with Crippen LogP contribution in [0.4, 0.5) is 0 Å². The number of amides is 2. The third-order valence-corrected chi connectivity index (χ3v) is 7.11. The first-order valence-corrected chi connectivity index (χ1v) is 11.5. The van der Waals surface area contributed by atoms with Gasteiger partial charge in [-0.3, -0.25) is 20.4 Å². The normalized spacial score (nSPS) is 19.6. The van der Waals surface area contributed by atoms with E-state index in [1.807, 2.05) is 6.92 Å². The minimum absolute atomic E-state index is 0.00652. The molecule has 2 N–H and O–H groups in total. The zero-order valence-electron chi connectivity index (χ0n) is 17.4. The number of morpholine rings is 1. The molecule has 31 heavy (non-hydrogen) atoms. The Bertz CT molecular complexity index is 1080. The Labute approximate surface area is 186 Å². The molecule has 0 radical (unpaired) electrons. The average molecular weight is 466 g/mol. The maximum Gasteiger partial charge on any atom is 0.269 e. The fraction of sp³-hybridized carbons (Fsp3) is 0.333.